The molecule has 74 heavy (non-hydrogen) atoms. The van der Waals surface area contributed by atoms with Crippen LogP contribution in [0.4, 0.5) is 0 Å². The molecular formula is C49H76N10O15. The quantitative estimate of drug-likeness (QED) is 0.0409. The van der Waals surface area contributed by atoms with Gasteiger partial charge in [0.25, 0.3) is 0 Å². The average Bonchev–Trinajstić information content (AvgIpc) is 3.80. The lowest BCUT2D eigenvalue weighted by Crippen LogP contribution is -2.61. The molecule has 0 saturated carbocycles. The number of primary amides is 1. The van der Waals surface area contributed by atoms with Gasteiger partial charge in [-0.15, -0.1) is 0 Å². The summed E-state index contributed by atoms with van der Waals surface area (Å²) in [7, 11) is 0. The lowest BCUT2D eigenvalue weighted by Gasteiger charge is -2.31. The van der Waals surface area contributed by atoms with Gasteiger partial charge in [-0.1, -0.05) is 92.1 Å². The first-order chi connectivity index (χ1) is 34.6. The van der Waals surface area contributed by atoms with Crippen LogP contribution in [0.2, 0.25) is 0 Å². The summed E-state index contributed by atoms with van der Waals surface area (Å²) in [5, 5.41) is 46.0. The van der Waals surface area contributed by atoms with Crippen molar-refractivity contribution in [3.05, 3.63) is 35.9 Å². The highest BCUT2D eigenvalue weighted by atomic mass is 16.4. The van der Waals surface area contributed by atoms with Gasteiger partial charge in [0.15, 0.2) is 0 Å². The zero-order chi connectivity index (χ0) is 56.1. The van der Waals surface area contributed by atoms with E-state index in [2.05, 4.69) is 37.2 Å². The van der Waals surface area contributed by atoms with Gasteiger partial charge in [0.2, 0.25) is 53.2 Å². The summed E-state index contributed by atoms with van der Waals surface area (Å²) < 4.78 is 0. The largest absolute Gasteiger partial charge is 0.481 e. The molecule has 25 heteroatoms. The second kappa shape index (κ2) is 30.1. The van der Waals surface area contributed by atoms with Gasteiger partial charge in [0.05, 0.1) is 25.3 Å². The normalized spacial score (nSPS) is 17.0. The van der Waals surface area contributed by atoms with Gasteiger partial charge < -0.3 is 68.9 Å². The zero-order valence-corrected chi connectivity index (χ0v) is 43.3. The molecule has 1 aromatic rings. The Balaban J connectivity index is 2.32. The summed E-state index contributed by atoms with van der Waals surface area (Å²) in [6, 6.07) is -4.26. The fraction of sp³-hybridized carbons (Fsp3) is 0.633. The van der Waals surface area contributed by atoms with Crippen LogP contribution >= 0.6 is 0 Å². The van der Waals surface area contributed by atoms with Crippen molar-refractivity contribution < 1.29 is 72.9 Å². The van der Waals surface area contributed by atoms with Crippen molar-refractivity contribution in [1.29, 1.82) is 0 Å². The molecule has 25 nitrogen and oxygen atoms in total. The van der Waals surface area contributed by atoms with E-state index in [1.54, 1.807) is 71.9 Å². The molecule has 9 amide bonds. The SMILES string of the molecule is CC[C@H](C)[C@H](NC(=O)[C@H](CC(=O)O)NC(=O)[C@H](CC(C)C)NC(=O)[C@@H](NC(=O)[C@H](CC(=O)O)NC(=O)[C@@H]1CCCN1C(=O)[C@H](CC(N)=O)NC(=O)[C@H](CC(C)C)NC(=O)[C@@H](N)Cc1ccccc1)C(C)C)C(=O)O. The highest BCUT2D eigenvalue weighted by Crippen LogP contribution is 2.21. The van der Waals surface area contributed by atoms with Crippen LogP contribution < -0.4 is 48.7 Å². The molecule has 1 heterocycles. The number of amides is 9. The van der Waals surface area contributed by atoms with Gasteiger partial charge in [0, 0.05) is 6.54 Å². The molecule has 0 aliphatic carbocycles. The number of hydrogen-bond acceptors (Lipinski definition) is 13. The number of aliphatic carboxylic acids is 3. The van der Waals surface area contributed by atoms with Crippen LogP contribution in [0.15, 0.2) is 30.3 Å². The van der Waals surface area contributed by atoms with Crippen LogP contribution in [0.3, 0.4) is 0 Å². The molecule has 0 spiro atoms. The smallest absolute Gasteiger partial charge is 0.326 e. The Morgan fingerprint density at radius 2 is 1.05 bits per heavy atom. The third-order valence-corrected chi connectivity index (χ3v) is 12.2. The number of benzene rings is 1. The molecule has 0 unspecified atom stereocenters. The Labute approximate surface area is 430 Å². The minimum absolute atomic E-state index is 0.00483. The molecule has 1 aliphatic heterocycles. The van der Waals surface area contributed by atoms with Crippen molar-refractivity contribution in [2.24, 2.45) is 35.1 Å². The lowest BCUT2D eigenvalue weighted by atomic mass is 9.98. The molecule has 412 valence electrons. The molecule has 10 atom stereocenters. The fourth-order valence-corrected chi connectivity index (χ4v) is 8.12. The third-order valence-electron chi connectivity index (χ3n) is 12.2. The second-order valence-corrected chi connectivity index (χ2v) is 19.9. The van der Waals surface area contributed by atoms with Crippen LogP contribution in [0.1, 0.15) is 112 Å². The lowest BCUT2D eigenvalue weighted by molar-refractivity contribution is -0.145. The number of nitrogens with one attached hydrogen (secondary N) is 7. The first kappa shape index (κ1) is 62.9. The number of nitrogens with zero attached hydrogens (tertiary/aromatic N) is 1. The molecule has 0 radical (unpaired) electrons. The maximum atomic E-state index is 14.1. The minimum atomic E-state index is -1.85. The second-order valence-electron chi connectivity index (χ2n) is 19.9. The number of nitrogens with two attached hydrogens (primary N) is 2. The van der Waals surface area contributed by atoms with Crippen molar-refractivity contribution in [2.45, 2.75) is 168 Å². The molecule has 1 aromatic carbocycles. The van der Waals surface area contributed by atoms with Crippen molar-refractivity contribution in [2.75, 3.05) is 6.54 Å². The molecule has 0 bridgehead atoms. The van der Waals surface area contributed by atoms with E-state index >= 15 is 0 Å². The van der Waals surface area contributed by atoms with Crippen molar-refractivity contribution in [3.8, 4) is 0 Å². The van der Waals surface area contributed by atoms with E-state index in [1.807, 2.05) is 0 Å². The summed E-state index contributed by atoms with van der Waals surface area (Å²) in [6.07, 6.45) is -1.90. The predicted molar refractivity (Wildman–Crippen MR) is 266 cm³/mol. The topological polar surface area (TPSA) is 405 Å². The van der Waals surface area contributed by atoms with Crippen molar-refractivity contribution in [3.63, 3.8) is 0 Å². The van der Waals surface area contributed by atoms with Crippen LogP contribution in [0, 0.1) is 23.7 Å². The van der Waals surface area contributed by atoms with E-state index in [-0.39, 0.29) is 50.5 Å². The Kier molecular flexibility index (Phi) is 25.6. The van der Waals surface area contributed by atoms with Crippen LogP contribution in [0.25, 0.3) is 0 Å². The predicted octanol–water partition coefficient (Wildman–Crippen LogP) is -1.36. The number of carboxylic acids is 3. The molecule has 1 saturated heterocycles. The standard InChI is InChI=1S/C49H76N10O15/c1-9-27(8)40(49(73)74)58-45(69)32(22-37(61)62)53-42(66)31(19-25(4)5)55-47(71)39(26(6)7)57-44(68)33(23-38(63)64)54-46(70)35-16-13-17-59(35)48(72)34(21-36(51)60)56-43(67)30(18-24(2)3)52-41(65)29(50)20-28-14-11-10-12-15-28/h10-12,14-15,24-27,29-35,39-40H,9,13,16-23,50H2,1-8H3,(H2,51,60)(H,52,65)(H,53,66)(H,54,70)(H,55,71)(H,56,67)(H,57,68)(H,58,69)(H,61,62)(H,63,64)(H,73,74)/t27-,29-,30-,31-,32-,33-,34-,35-,39-,40-/m0/s1. The van der Waals surface area contributed by atoms with E-state index in [0.717, 1.165) is 10.5 Å². The summed E-state index contributed by atoms with van der Waals surface area (Å²) in [4.78, 5) is 159. The van der Waals surface area contributed by atoms with Gasteiger partial charge in [-0.25, -0.2) is 4.79 Å². The van der Waals surface area contributed by atoms with Gasteiger partial charge in [-0.2, -0.15) is 0 Å². The van der Waals surface area contributed by atoms with E-state index in [0.29, 0.717) is 6.42 Å². The average molecular weight is 1050 g/mol. The Bertz CT molecular complexity index is 2170. The van der Waals surface area contributed by atoms with E-state index in [4.69, 9.17) is 11.5 Å². The Hall–Kier alpha value is -7.18. The third kappa shape index (κ3) is 20.7. The number of rotatable bonds is 31. The number of carbonyl (C=O) groups excluding carboxylic acids is 9. The summed E-state index contributed by atoms with van der Waals surface area (Å²) in [5.41, 5.74) is 12.4. The first-order valence-corrected chi connectivity index (χ1v) is 24.7. The van der Waals surface area contributed by atoms with Gasteiger partial charge in [0.1, 0.15) is 48.3 Å². The van der Waals surface area contributed by atoms with Gasteiger partial charge >= 0.3 is 17.9 Å². The number of likely N-dealkylation sites (tertiary alicyclic amines) is 1. The highest BCUT2D eigenvalue weighted by Gasteiger charge is 2.41. The van der Waals surface area contributed by atoms with E-state index < -0.39 is 157 Å². The van der Waals surface area contributed by atoms with Crippen molar-refractivity contribution in [1.82, 2.24) is 42.1 Å². The molecule has 14 N–H and O–H groups in total. The van der Waals surface area contributed by atoms with Crippen LogP contribution in [-0.4, -0.2) is 152 Å². The monoisotopic (exact) mass is 1040 g/mol. The molecular weight excluding hydrogens is 969 g/mol. The van der Waals surface area contributed by atoms with Gasteiger partial charge in [-0.05, 0) is 61.3 Å². The Morgan fingerprint density at radius 3 is 1.51 bits per heavy atom. The molecule has 0 aromatic heterocycles. The molecule has 2 rings (SSSR count). The maximum absolute atomic E-state index is 14.1. The summed E-state index contributed by atoms with van der Waals surface area (Å²) >= 11 is 0. The maximum Gasteiger partial charge on any atom is 0.326 e. The molecule has 1 aliphatic rings. The number of carbonyl (C=O) groups is 12. The Morgan fingerprint density at radius 1 is 0.595 bits per heavy atom. The minimum Gasteiger partial charge on any atom is -0.481 e. The van der Waals surface area contributed by atoms with E-state index in [1.165, 1.54) is 13.8 Å². The van der Waals surface area contributed by atoms with Gasteiger partial charge in [-0.3, -0.25) is 52.7 Å². The molecule has 1 fully saturated rings. The number of hydrogen-bond donors (Lipinski definition) is 12. The highest BCUT2D eigenvalue weighted by molar-refractivity contribution is 6.00. The van der Waals surface area contributed by atoms with Crippen LogP contribution in [0.5, 0.6) is 0 Å². The zero-order valence-electron chi connectivity index (χ0n) is 43.3. The van der Waals surface area contributed by atoms with Crippen molar-refractivity contribution >= 4 is 71.1 Å². The van der Waals surface area contributed by atoms with E-state index in [9.17, 15) is 72.9 Å². The summed E-state index contributed by atoms with van der Waals surface area (Å²) in [5.74, 6) is -14.8. The summed E-state index contributed by atoms with van der Waals surface area (Å²) in [6.45, 7) is 13.2. The van der Waals surface area contributed by atoms with Crippen LogP contribution in [-0.2, 0) is 64.0 Å². The fourth-order valence-electron chi connectivity index (χ4n) is 8.12. The number of carboxylic acid groups (broad SMARTS) is 3. The first-order valence-electron chi connectivity index (χ1n) is 24.7.